The highest BCUT2D eigenvalue weighted by atomic mass is 32.2. The number of hydrogen-bond acceptors (Lipinski definition) is 7. The zero-order chi connectivity index (χ0) is 24.3. The zero-order valence-electron chi connectivity index (χ0n) is 20.5. The topological polar surface area (TPSA) is 89.1 Å². The van der Waals surface area contributed by atoms with Crippen LogP contribution in [0.4, 0.5) is 5.69 Å². The monoisotopic (exact) mass is 497 g/mol. The second kappa shape index (κ2) is 13.4. The molecule has 2 aromatic rings. The fourth-order valence-corrected chi connectivity index (χ4v) is 6.85. The summed E-state index contributed by atoms with van der Waals surface area (Å²) in [5, 5.41) is 5.08. The van der Waals surface area contributed by atoms with Gasteiger partial charge in [0.2, 0.25) is 10.0 Å². The molecule has 0 heterocycles. The van der Waals surface area contributed by atoms with E-state index in [-0.39, 0.29) is 0 Å². The van der Waals surface area contributed by atoms with Gasteiger partial charge in [-0.1, -0.05) is 30.7 Å². The minimum absolute atomic E-state index is 0.327. The predicted molar refractivity (Wildman–Crippen MR) is 136 cm³/mol. The van der Waals surface area contributed by atoms with E-state index in [4.69, 9.17) is 13.3 Å². The number of unbranched alkanes of at least 4 members (excludes halogenated alkanes) is 2. The van der Waals surface area contributed by atoms with Gasteiger partial charge in [0.1, 0.15) is 0 Å². The van der Waals surface area contributed by atoms with Gasteiger partial charge in [-0.25, -0.2) is 13.1 Å². The Bertz CT molecular complexity index is 959. The third-order valence-electron chi connectivity index (χ3n) is 5.72. The first kappa shape index (κ1) is 27.7. The lowest BCUT2D eigenvalue weighted by molar-refractivity contribution is 0.123. The van der Waals surface area contributed by atoms with Gasteiger partial charge in [-0.2, -0.15) is 0 Å². The summed E-state index contributed by atoms with van der Waals surface area (Å²) in [6.45, 7) is 2.19. The summed E-state index contributed by atoms with van der Waals surface area (Å²) in [6, 6.07) is 11.9. The molecule has 0 saturated heterocycles. The molecule has 0 saturated carbocycles. The number of rotatable bonds is 16. The maximum absolute atomic E-state index is 12.9. The highest BCUT2D eigenvalue weighted by Gasteiger charge is 2.36. The van der Waals surface area contributed by atoms with Crippen molar-refractivity contribution in [3.8, 4) is 0 Å². The number of anilines is 1. The third kappa shape index (κ3) is 7.74. The van der Waals surface area contributed by atoms with E-state index in [0.29, 0.717) is 11.4 Å². The molecular formula is C23H39N3O5SSi. The van der Waals surface area contributed by atoms with Gasteiger partial charge in [-0.05, 0) is 44.5 Å². The summed E-state index contributed by atoms with van der Waals surface area (Å²) in [5.74, 6) is 0. The molecule has 0 aliphatic carbocycles. The average Bonchev–Trinajstić information content (AvgIpc) is 2.82. The first-order valence-electron chi connectivity index (χ1n) is 11.3. The molecule has 0 aromatic heterocycles. The van der Waals surface area contributed by atoms with Gasteiger partial charge in [0.15, 0.2) is 0 Å². The maximum atomic E-state index is 12.9. The molecule has 2 N–H and O–H groups in total. The van der Waals surface area contributed by atoms with Gasteiger partial charge < -0.3 is 23.5 Å². The van der Waals surface area contributed by atoms with Gasteiger partial charge in [0, 0.05) is 64.5 Å². The van der Waals surface area contributed by atoms with E-state index >= 15 is 0 Å². The molecule has 8 nitrogen and oxygen atoms in total. The van der Waals surface area contributed by atoms with Crippen LogP contribution in [0.3, 0.4) is 0 Å². The van der Waals surface area contributed by atoms with Crippen molar-refractivity contribution in [2.24, 2.45) is 0 Å². The summed E-state index contributed by atoms with van der Waals surface area (Å²) >= 11 is 0. The van der Waals surface area contributed by atoms with Crippen LogP contribution < -0.4 is 14.9 Å². The molecule has 0 radical (unpaired) electrons. The predicted octanol–water partition coefficient (Wildman–Crippen LogP) is 3.21. The van der Waals surface area contributed by atoms with Gasteiger partial charge in [0.05, 0.1) is 4.90 Å². The molecule has 0 aliphatic heterocycles. The second-order valence-electron chi connectivity index (χ2n) is 8.13. The molecule has 0 spiro atoms. The third-order valence-corrected chi connectivity index (χ3v) is 10.1. The first-order valence-corrected chi connectivity index (χ1v) is 14.8. The lowest BCUT2D eigenvalue weighted by atomic mass is 10.1. The molecule has 186 valence electrons. The largest absolute Gasteiger partial charge is 0.500 e. The van der Waals surface area contributed by atoms with Crippen LogP contribution in [0.5, 0.6) is 0 Å². The summed E-state index contributed by atoms with van der Waals surface area (Å²) < 4.78 is 44.9. The SMILES string of the molecule is CO[Si](CCCNCCCCCNS(=O)(=O)c1cccc2c(N(C)C)cccc12)(OC)OC. The maximum Gasteiger partial charge on any atom is 0.500 e. The van der Waals surface area contributed by atoms with E-state index in [2.05, 4.69) is 10.0 Å². The highest BCUT2D eigenvalue weighted by Crippen LogP contribution is 2.30. The molecule has 33 heavy (non-hydrogen) atoms. The molecule has 0 bridgehead atoms. The number of nitrogens with zero attached hydrogens (tertiary/aromatic N) is 1. The average molecular weight is 498 g/mol. The summed E-state index contributed by atoms with van der Waals surface area (Å²) in [7, 11) is 2.74. The summed E-state index contributed by atoms with van der Waals surface area (Å²) in [4.78, 5) is 2.32. The van der Waals surface area contributed by atoms with Crippen LogP contribution in [0.2, 0.25) is 6.04 Å². The van der Waals surface area contributed by atoms with Gasteiger partial charge in [-0.3, -0.25) is 0 Å². The van der Waals surface area contributed by atoms with Crippen molar-refractivity contribution >= 4 is 35.3 Å². The van der Waals surface area contributed by atoms with Crippen molar-refractivity contribution in [3.05, 3.63) is 36.4 Å². The summed E-state index contributed by atoms with van der Waals surface area (Å²) in [5.41, 5.74) is 0.997. The fourth-order valence-electron chi connectivity index (χ4n) is 3.84. The fraction of sp³-hybridized carbons (Fsp3) is 0.565. The number of nitrogens with one attached hydrogen (secondary N) is 2. The number of benzene rings is 2. The van der Waals surface area contributed by atoms with Gasteiger partial charge in [0.25, 0.3) is 0 Å². The van der Waals surface area contributed by atoms with Crippen molar-refractivity contribution < 1.29 is 21.7 Å². The quantitative estimate of drug-likeness (QED) is 0.272. The van der Waals surface area contributed by atoms with Crippen molar-refractivity contribution in [2.75, 3.05) is 60.0 Å². The molecule has 0 amide bonds. The van der Waals surface area contributed by atoms with Crippen molar-refractivity contribution in [1.82, 2.24) is 10.0 Å². The van der Waals surface area contributed by atoms with Crippen molar-refractivity contribution in [1.29, 1.82) is 0 Å². The Kier molecular flexibility index (Phi) is 11.2. The van der Waals surface area contributed by atoms with Crippen LogP contribution >= 0.6 is 0 Å². The van der Waals surface area contributed by atoms with Crippen LogP contribution in [-0.2, 0) is 23.3 Å². The van der Waals surface area contributed by atoms with Crippen LogP contribution in [-0.4, -0.2) is 72.3 Å². The van der Waals surface area contributed by atoms with Crippen molar-refractivity contribution in [2.45, 2.75) is 36.6 Å². The first-order chi connectivity index (χ1) is 15.8. The highest BCUT2D eigenvalue weighted by molar-refractivity contribution is 7.89. The Hall–Kier alpha value is -1.53. The molecule has 10 heteroatoms. The van der Waals surface area contributed by atoms with Crippen LogP contribution in [0.25, 0.3) is 10.8 Å². The summed E-state index contributed by atoms with van der Waals surface area (Å²) in [6.07, 6.45) is 3.65. The number of fused-ring (bicyclic) bond motifs is 1. The van der Waals surface area contributed by atoms with Gasteiger partial charge in [-0.15, -0.1) is 0 Å². The van der Waals surface area contributed by atoms with E-state index in [1.54, 1.807) is 33.5 Å². The van der Waals surface area contributed by atoms with Crippen LogP contribution in [0, 0.1) is 0 Å². The van der Waals surface area contributed by atoms with E-state index in [1.807, 2.05) is 43.3 Å². The van der Waals surface area contributed by atoms with Crippen molar-refractivity contribution in [3.63, 3.8) is 0 Å². The van der Waals surface area contributed by atoms with Crippen LogP contribution in [0.1, 0.15) is 25.7 Å². The lowest BCUT2D eigenvalue weighted by Crippen LogP contribution is -2.43. The van der Waals surface area contributed by atoms with E-state index in [9.17, 15) is 8.42 Å². The van der Waals surface area contributed by atoms with E-state index < -0.39 is 18.8 Å². The Labute approximate surface area is 200 Å². The smallest absolute Gasteiger partial charge is 0.377 e. The Morgan fingerprint density at radius 1 is 0.818 bits per heavy atom. The molecule has 2 aromatic carbocycles. The van der Waals surface area contributed by atoms with E-state index in [1.165, 1.54) is 0 Å². The minimum Gasteiger partial charge on any atom is -0.377 e. The Balaban J connectivity index is 1.73. The zero-order valence-corrected chi connectivity index (χ0v) is 22.3. The van der Waals surface area contributed by atoms with Crippen LogP contribution in [0.15, 0.2) is 41.3 Å². The Morgan fingerprint density at radius 3 is 2.09 bits per heavy atom. The lowest BCUT2D eigenvalue weighted by Gasteiger charge is -2.24. The Morgan fingerprint density at radius 2 is 1.42 bits per heavy atom. The second-order valence-corrected chi connectivity index (χ2v) is 13.0. The molecular weight excluding hydrogens is 458 g/mol. The molecule has 0 unspecified atom stereocenters. The molecule has 0 fully saturated rings. The minimum atomic E-state index is -3.57. The number of sulfonamides is 1. The molecule has 0 atom stereocenters. The normalized spacial score (nSPS) is 12.4. The standard InChI is InChI=1S/C23H39N3O5SSi/c1-26(2)22-14-9-13-21-20(22)12-10-15-23(21)32(27,28)25-18-8-6-7-16-24-17-11-19-33(29-3,30-4)31-5/h9-10,12-15,24-25H,6-8,11,16-19H2,1-5H3. The molecule has 0 aliphatic rings. The van der Waals surface area contributed by atoms with E-state index in [0.717, 1.165) is 61.3 Å². The molecule has 2 rings (SSSR count). The number of hydrogen-bond donors (Lipinski definition) is 2. The van der Waals surface area contributed by atoms with Gasteiger partial charge >= 0.3 is 8.80 Å².